The number of carbonyl (C=O) groups is 1. The molecule has 1 atom stereocenters. The highest BCUT2D eigenvalue weighted by molar-refractivity contribution is 8.18. The lowest BCUT2D eigenvalue weighted by molar-refractivity contribution is -0.122. The van der Waals surface area contributed by atoms with Gasteiger partial charge in [0.25, 0.3) is 5.91 Å². The van der Waals surface area contributed by atoms with Crippen LogP contribution in [0.25, 0.3) is 17.0 Å². The number of amides is 1. The van der Waals surface area contributed by atoms with Crippen LogP contribution in [0.4, 0.5) is 10.1 Å². The lowest BCUT2D eigenvalue weighted by atomic mass is 10.1. The maximum atomic E-state index is 13.2. The first-order valence-electron chi connectivity index (χ1n) is 10.2. The zero-order chi connectivity index (χ0) is 21.3. The van der Waals surface area contributed by atoms with E-state index in [0.29, 0.717) is 28.3 Å². The highest BCUT2D eigenvalue weighted by Crippen LogP contribution is 2.36. The van der Waals surface area contributed by atoms with Crippen molar-refractivity contribution >= 4 is 45.5 Å². The molecule has 0 radical (unpaired) electrons. The van der Waals surface area contributed by atoms with E-state index in [0.717, 1.165) is 17.4 Å². The lowest BCUT2D eigenvalue weighted by Gasteiger charge is -2.12. The van der Waals surface area contributed by atoms with Crippen LogP contribution in [0, 0.1) is 5.82 Å². The standard InChI is InChI=1S/C24H24FN3OS/c1-4-16(3)28-15-17(20-8-6-7-9-21(20)28)14-22-23(29)27(5-2)24(30-22)26-19-12-10-18(25)11-13-19/h6-16H,4-5H2,1-3H3/b22-14+,26-24?/t16-/m1/s1. The number of rotatable bonds is 5. The van der Waals surface area contributed by atoms with E-state index in [1.54, 1.807) is 17.0 Å². The first-order chi connectivity index (χ1) is 14.5. The van der Waals surface area contributed by atoms with Gasteiger partial charge in [-0.05, 0) is 68.4 Å². The van der Waals surface area contributed by atoms with E-state index >= 15 is 0 Å². The number of nitrogens with zero attached hydrogens (tertiary/aromatic N) is 3. The predicted octanol–water partition coefficient (Wildman–Crippen LogP) is 6.38. The molecule has 30 heavy (non-hydrogen) atoms. The highest BCUT2D eigenvalue weighted by atomic mass is 32.2. The van der Waals surface area contributed by atoms with Crippen LogP contribution in [0.1, 0.15) is 38.8 Å². The number of thioether (sulfide) groups is 1. The van der Waals surface area contributed by atoms with E-state index in [1.165, 1.54) is 29.4 Å². The Kier molecular flexibility index (Phi) is 5.77. The number of hydrogen-bond acceptors (Lipinski definition) is 3. The molecule has 0 bridgehead atoms. The number of aromatic nitrogens is 1. The summed E-state index contributed by atoms with van der Waals surface area (Å²) in [6.07, 6.45) is 5.12. The fourth-order valence-corrected chi connectivity index (χ4v) is 4.60. The molecule has 3 aromatic rings. The maximum Gasteiger partial charge on any atom is 0.266 e. The summed E-state index contributed by atoms with van der Waals surface area (Å²) in [5.74, 6) is -0.358. The summed E-state index contributed by atoms with van der Waals surface area (Å²) in [6.45, 7) is 6.82. The zero-order valence-electron chi connectivity index (χ0n) is 17.3. The molecule has 0 N–H and O–H groups in total. The van der Waals surface area contributed by atoms with E-state index in [4.69, 9.17) is 0 Å². The molecule has 0 saturated carbocycles. The molecular weight excluding hydrogens is 397 g/mol. The van der Waals surface area contributed by atoms with Crippen molar-refractivity contribution in [3.63, 3.8) is 0 Å². The molecule has 0 unspecified atom stereocenters. The summed E-state index contributed by atoms with van der Waals surface area (Å²) in [5, 5.41) is 1.75. The smallest absolute Gasteiger partial charge is 0.266 e. The van der Waals surface area contributed by atoms with Gasteiger partial charge in [-0.3, -0.25) is 9.69 Å². The topological polar surface area (TPSA) is 37.6 Å². The average molecular weight is 422 g/mol. The zero-order valence-corrected chi connectivity index (χ0v) is 18.1. The minimum absolute atomic E-state index is 0.0521. The minimum atomic E-state index is -0.306. The Labute approximate surface area is 180 Å². The van der Waals surface area contributed by atoms with Crippen molar-refractivity contribution in [2.75, 3.05) is 6.54 Å². The number of halogens is 1. The number of para-hydroxylation sites is 1. The van der Waals surface area contributed by atoms with Gasteiger partial charge in [0, 0.05) is 35.2 Å². The summed E-state index contributed by atoms with van der Waals surface area (Å²) >= 11 is 1.36. The fraction of sp³-hybridized carbons (Fsp3) is 0.250. The Bertz CT molecular complexity index is 1150. The van der Waals surface area contributed by atoms with Crippen LogP contribution in [-0.2, 0) is 4.79 Å². The molecule has 2 heterocycles. The minimum Gasteiger partial charge on any atom is -0.344 e. The van der Waals surface area contributed by atoms with E-state index in [1.807, 2.05) is 25.1 Å². The van der Waals surface area contributed by atoms with Gasteiger partial charge in [-0.2, -0.15) is 0 Å². The number of fused-ring (bicyclic) bond motifs is 1. The normalized spacial score (nSPS) is 18.1. The molecule has 154 valence electrons. The van der Waals surface area contributed by atoms with Crippen LogP contribution in [0.3, 0.4) is 0 Å². The third-order valence-corrected chi connectivity index (χ3v) is 6.39. The molecule has 0 spiro atoms. The summed E-state index contributed by atoms with van der Waals surface area (Å²) in [5.41, 5.74) is 2.82. The van der Waals surface area contributed by atoms with Crippen LogP contribution in [-0.4, -0.2) is 27.1 Å². The van der Waals surface area contributed by atoms with E-state index in [9.17, 15) is 9.18 Å². The van der Waals surface area contributed by atoms with E-state index in [2.05, 4.69) is 41.7 Å². The number of amidine groups is 1. The average Bonchev–Trinajstić information content (AvgIpc) is 3.27. The van der Waals surface area contributed by atoms with E-state index < -0.39 is 0 Å². The molecule has 6 heteroatoms. The Morgan fingerprint density at radius 1 is 1.13 bits per heavy atom. The van der Waals surface area contributed by atoms with Crippen molar-refractivity contribution in [2.24, 2.45) is 4.99 Å². The summed E-state index contributed by atoms with van der Waals surface area (Å²) in [7, 11) is 0. The largest absolute Gasteiger partial charge is 0.344 e. The van der Waals surface area contributed by atoms with Crippen molar-refractivity contribution < 1.29 is 9.18 Å². The first kappa shape index (κ1) is 20.4. The van der Waals surface area contributed by atoms with Gasteiger partial charge >= 0.3 is 0 Å². The van der Waals surface area contributed by atoms with Crippen LogP contribution >= 0.6 is 11.8 Å². The number of likely N-dealkylation sites (N-methyl/N-ethyl adjacent to an activating group) is 1. The quantitative estimate of drug-likeness (QED) is 0.449. The van der Waals surface area contributed by atoms with Crippen molar-refractivity contribution in [2.45, 2.75) is 33.2 Å². The third-order valence-electron chi connectivity index (χ3n) is 5.38. The van der Waals surface area contributed by atoms with Gasteiger partial charge in [-0.15, -0.1) is 0 Å². The SMILES string of the molecule is CC[C@@H](C)n1cc(/C=C2/SC(=Nc3ccc(F)cc3)N(CC)C2=O)c2ccccc21. The molecule has 4 nitrogen and oxygen atoms in total. The Hall–Kier alpha value is -2.86. The fourth-order valence-electron chi connectivity index (χ4n) is 3.55. The molecule has 2 aromatic carbocycles. The second-order valence-corrected chi connectivity index (χ2v) is 8.31. The first-order valence-corrected chi connectivity index (χ1v) is 11.0. The molecule has 1 fully saturated rings. The number of carbonyl (C=O) groups excluding carboxylic acids is 1. The number of aliphatic imine (C=N–C) groups is 1. The Morgan fingerprint density at radius 2 is 1.87 bits per heavy atom. The van der Waals surface area contributed by atoms with Crippen molar-refractivity contribution in [1.29, 1.82) is 0 Å². The summed E-state index contributed by atoms with van der Waals surface area (Å²) in [4.78, 5) is 19.9. The van der Waals surface area contributed by atoms with Gasteiger partial charge in [0.15, 0.2) is 5.17 Å². The van der Waals surface area contributed by atoms with Gasteiger partial charge in [-0.1, -0.05) is 25.1 Å². The summed E-state index contributed by atoms with van der Waals surface area (Å²) in [6, 6.07) is 14.6. The Morgan fingerprint density at radius 3 is 2.57 bits per heavy atom. The maximum absolute atomic E-state index is 13.2. The molecule has 1 aliphatic heterocycles. The Balaban J connectivity index is 1.74. The second-order valence-electron chi connectivity index (χ2n) is 7.30. The van der Waals surface area contributed by atoms with Crippen LogP contribution in [0.2, 0.25) is 0 Å². The number of hydrogen-bond donors (Lipinski definition) is 0. The molecule has 4 rings (SSSR count). The molecule has 0 aliphatic carbocycles. The lowest BCUT2D eigenvalue weighted by Crippen LogP contribution is -2.28. The van der Waals surface area contributed by atoms with Crippen molar-refractivity contribution in [1.82, 2.24) is 9.47 Å². The van der Waals surface area contributed by atoms with Crippen LogP contribution < -0.4 is 0 Å². The molecule has 1 aromatic heterocycles. The molecular formula is C24H24FN3OS. The second kappa shape index (κ2) is 8.48. The third kappa shape index (κ3) is 3.79. The number of benzene rings is 2. The molecule has 1 saturated heterocycles. The molecule has 1 amide bonds. The monoisotopic (exact) mass is 421 g/mol. The summed E-state index contributed by atoms with van der Waals surface area (Å²) < 4.78 is 15.5. The van der Waals surface area contributed by atoms with Crippen molar-refractivity contribution in [3.8, 4) is 0 Å². The van der Waals surface area contributed by atoms with Crippen molar-refractivity contribution in [3.05, 3.63) is 71.0 Å². The highest BCUT2D eigenvalue weighted by Gasteiger charge is 2.32. The molecule has 1 aliphatic rings. The van der Waals surface area contributed by atoms with Gasteiger partial charge < -0.3 is 4.57 Å². The van der Waals surface area contributed by atoms with E-state index in [-0.39, 0.29) is 11.7 Å². The van der Waals surface area contributed by atoms with Gasteiger partial charge in [0.1, 0.15) is 5.82 Å². The van der Waals surface area contributed by atoms with Crippen LogP contribution in [0.15, 0.2) is 64.6 Å². The predicted molar refractivity (Wildman–Crippen MR) is 123 cm³/mol. The van der Waals surface area contributed by atoms with Crippen LogP contribution in [0.5, 0.6) is 0 Å². The van der Waals surface area contributed by atoms with Gasteiger partial charge in [0.05, 0.1) is 10.6 Å². The van der Waals surface area contributed by atoms with Gasteiger partial charge in [0.2, 0.25) is 0 Å². The van der Waals surface area contributed by atoms with Gasteiger partial charge in [-0.25, -0.2) is 9.38 Å².